The molecule has 0 radical (unpaired) electrons. The SMILES string of the molecule is CC1[C-]=CC(C(C)(C)C)=C1.C[C](C)=[Zr+2].Cc1[c-]c2c(cc1C)-c1cc(C)c(C)cc1C2.[Cl-].[Cl-]. The number of rotatable bonds is 0. The zero-order valence-corrected chi connectivity index (χ0v) is 25.9. The Morgan fingerprint density at radius 1 is 0.909 bits per heavy atom. The number of aryl methyl sites for hydroxylation is 4. The van der Waals surface area contributed by atoms with Gasteiger partial charge in [0, 0.05) is 0 Å². The molecule has 2 aliphatic carbocycles. The van der Waals surface area contributed by atoms with E-state index in [1.807, 2.05) is 0 Å². The van der Waals surface area contributed by atoms with Gasteiger partial charge in [-0.1, -0.05) is 70.6 Å². The molecule has 0 saturated carbocycles. The summed E-state index contributed by atoms with van der Waals surface area (Å²) in [6, 6.07) is 10.5. The molecule has 0 fully saturated rings. The first-order valence-electron chi connectivity index (χ1n) is 11.3. The standard InChI is InChI=1S/C17H17.C10H15.C3H6.2ClH.Zr/c1-10-5-14-9-15-6-11(2)13(4)8-17(15)16(14)7-12(10)3;1-8-5-6-9(7-8)10(2,3)4;1-3-2;;;/h5,7-8H,9H2,1-4H3;6-8H,1-4H3;1-2H3;2*1H;/q2*-1;;;;+2/p-2. The molecule has 2 aliphatic rings. The average molecular weight is 561 g/mol. The van der Waals surface area contributed by atoms with E-state index in [1.165, 1.54) is 53.3 Å². The predicted molar refractivity (Wildman–Crippen MR) is 133 cm³/mol. The third kappa shape index (κ3) is 9.09. The van der Waals surface area contributed by atoms with Crippen LogP contribution in [0.25, 0.3) is 11.1 Å². The van der Waals surface area contributed by atoms with Gasteiger partial charge in [-0.15, -0.1) is 11.1 Å². The van der Waals surface area contributed by atoms with Crippen molar-refractivity contribution in [2.45, 2.75) is 75.7 Å². The molecule has 178 valence electrons. The van der Waals surface area contributed by atoms with Gasteiger partial charge in [-0.05, 0) is 37.0 Å². The van der Waals surface area contributed by atoms with Gasteiger partial charge in [-0.25, -0.2) is 6.08 Å². The van der Waals surface area contributed by atoms with Crippen molar-refractivity contribution in [1.82, 2.24) is 0 Å². The van der Waals surface area contributed by atoms with Gasteiger partial charge in [0.1, 0.15) is 0 Å². The molecule has 33 heavy (non-hydrogen) atoms. The number of allylic oxidation sites excluding steroid dienone is 4. The smallest absolute Gasteiger partial charge is 0.0253 e. The molecule has 0 nitrogen and oxygen atoms in total. The van der Waals surface area contributed by atoms with Gasteiger partial charge in [-0.2, -0.15) is 34.9 Å². The molecule has 1 atom stereocenters. The van der Waals surface area contributed by atoms with Crippen molar-refractivity contribution >= 4 is 3.21 Å². The van der Waals surface area contributed by atoms with Gasteiger partial charge in [0.25, 0.3) is 0 Å². The summed E-state index contributed by atoms with van der Waals surface area (Å²) < 4.78 is 1.51. The van der Waals surface area contributed by atoms with Crippen molar-refractivity contribution in [1.29, 1.82) is 0 Å². The van der Waals surface area contributed by atoms with E-state index in [2.05, 4.69) is 112 Å². The number of benzene rings is 2. The quantitative estimate of drug-likeness (QED) is 0.369. The fraction of sp³-hybridized carbons (Fsp3) is 0.433. The maximum absolute atomic E-state index is 3.54. The minimum absolute atomic E-state index is 0. The minimum Gasteiger partial charge on any atom is -1.00 e. The maximum atomic E-state index is 3.54. The summed E-state index contributed by atoms with van der Waals surface area (Å²) in [6.45, 7) is 21.8. The van der Waals surface area contributed by atoms with Crippen molar-refractivity contribution in [2.24, 2.45) is 11.3 Å². The second-order valence-electron chi connectivity index (χ2n) is 10.2. The molecule has 0 amide bonds. The Morgan fingerprint density at radius 3 is 1.88 bits per heavy atom. The molecular formula is C30H38Cl2Zr-2. The maximum Gasteiger partial charge on any atom is -0.0253 e. The Bertz CT molecular complexity index is 977. The van der Waals surface area contributed by atoms with Gasteiger partial charge in [0.15, 0.2) is 0 Å². The van der Waals surface area contributed by atoms with Gasteiger partial charge in [0.2, 0.25) is 0 Å². The summed E-state index contributed by atoms with van der Waals surface area (Å²) in [6.07, 6.45) is 8.70. The van der Waals surface area contributed by atoms with Gasteiger partial charge < -0.3 is 24.8 Å². The zero-order valence-electron chi connectivity index (χ0n) is 21.9. The summed E-state index contributed by atoms with van der Waals surface area (Å²) in [5.74, 6) is 0.522. The van der Waals surface area contributed by atoms with E-state index in [0.29, 0.717) is 11.3 Å². The first kappa shape index (κ1) is 32.3. The van der Waals surface area contributed by atoms with Crippen LogP contribution in [0.3, 0.4) is 0 Å². The van der Waals surface area contributed by atoms with Crippen molar-refractivity contribution in [3.05, 3.63) is 81.4 Å². The first-order chi connectivity index (χ1) is 14.3. The topological polar surface area (TPSA) is 0 Å². The molecule has 0 N–H and O–H groups in total. The van der Waals surface area contributed by atoms with Crippen LogP contribution in [-0.4, -0.2) is 3.21 Å². The molecule has 4 rings (SSSR count). The van der Waals surface area contributed by atoms with Gasteiger partial charge in [-0.3, -0.25) is 6.08 Å². The first-order valence-corrected chi connectivity index (χ1v) is 12.5. The summed E-state index contributed by atoms with van der Waals surface area (Å²) in [5.41, 5.74) is 12.8. The van der Waals surface area contributed by atoms with E-state index in [9.17, 15) is 0 Å². The van der Waals surface area contributed by atoms with Crippen LogP contribution in [0.15, 0.2) is 35.9 Å². The Labute approximate surface area is 230 Å². The van der Waals surface area contributed by atoms with E-state index >= 15 is 0 Å². The fourth-order valence-electron chi connectivity index (χ4n) is 3.70. The Kier molecular flexibility index (Phi) is 13.1. The zero-order chi connectivity index (χ0) is 23.5. The third-order valence-corrected chi connectivity index (χ3v) is 5.79. The normalized spacial score (nSPS) is 14.9. The summed E-state index contributed by atoms with van der Waals surface area (Å²) >= 11 is 1.55. The Morgan fingerprint density at radius 2 is 1.42 bits per heavy atom. The summed E-state index contributed by atoms with van der Waals surface area (Å²) in [7, 11) is 0. The van der Waals surface area contributed by atoms with Crippen molar-refractivity contribution in [3.63, 3.8) is 0 Å². The van der Waals surface area contributed by atoms with Crippen molar-refractivity contribution < 1.29 is 49.0 Å². The number of hydrogen-bond donors (Lipinski definition) is 0. The van der Waals surface area contributed by atoms with Crippen LogP contribution in [0.2, 0.25) is 0 Å². The van der Waals surface area contributed by atoms with Crippen LogP contribution in [-0.2, 0) is 30.7 Å². The summed E-state index contributed by atoms with van der Waals surface area (Å²) in [5, 5.41) is 0. The second kappa shape index (κ2) is 13.4. The molecule has 0 heterocycles. The van der Waals surface area contributed by atoms with E-state index in [4.69, 9.17) is 0 Å². The van der Waals surface area contributed by atoms with Crippen molar-refractivity contribution in [3.8, 4) is 11.1 Å². The van der Waals surface area contributed by atoms with Gasteiger partial charge >= 0.3 is 41.3 Å². The largest absolute Gasteiger partial charge is 1.00 e. The van der Waals surface area contributed by atoms with E-state index in [0.717, 1.165) is 6.42 Å². The predicted octanol–water partition coefficient (Wildman–Crippen LogP) is 2.01. The van der Waals surface area contributed by atoms with Crippen LogP contribution in [0, 0.1) is 51.2 Å². The number of hydrogen-bond acceptors (Lipinski definition) is 0. The molecule has 0 aliphatic heterocycles. The summed E-state index contributed by atoms with van der Waals surface area (Å²) in [4.78, 5) is 0. The Hall–Kier alpha value is -0.747. The van der Waals surface area contributed by atoms with Crippen molar-refractivity contribution in [2.75, 3.05) is 0 Å². The molecule has 2 aromatic carbocycles. The van der Waals surface area contributed by atoms with Crippen LogP contribution in [0.5, 0.6) is 0 Å². The number of halogens is 2. The Balaban J connectivity index is 0.000000552. The van der Waals surface area contributed by atoms with Gasteiger partial charge in [0.05, 0.1) is 0 Å². The second-order valence-corrected chi connectivity index (χ2v) is 12.7. The molecule has 0 spiro atoms. The van der Waals surface area contributed by atoms with E-state index < -0.39 is 0 Å². The van der Waals surface area contributed by atoms with E-state index in [1.54, 1.807) is 24.2 Å². The molecule has 3 heteroatoms. The van der Waals surface area contributed by atoms with E-state index in [-0.39, 0.29) is 24.8 Å². The number of fused-ring (bicyclic) bond motifs is 3. The van der Waals surface area contributed by atoms with Crippen LogP contribution >= 0.6 is 0 Å². The van der Waals surface area contributed by atoms with Crippen LogP contribution < -0.4 is 24.8 Å². The van der Waals surface area contributed by atoms with Crippen LogP contribution in [0.1, 0.15) is 74.9 Å². The average Bonchev–Trinajstić information content (AvgIpc) is 3.20. The third-order valence-electron chi connectivity index (χ3n) is 5.79. The monoisotopic (exact) mass is 558 g/mol. The molecule has 0 aromatic heterocycles. The molecule has 0 saturated heterocycles. The molecule has 1 unspecified atom stereocenters. The molecular weight excluding hydrogens is 522 g/mol. The minimum atomic E-state index is 0. The molecule has 2 aromatic rings. The fourth-order valence-corrected chi connectivity index (χ4v) is 3.70. The molecule has 0 bridgehead atoms. The van der Waals surface area contributed by atoms with Crippen LogP contribution in [0.4, 0.5) is 0 Å².